The molecule has 19 heavy (non-hydrogen) atoms. The van der Waals surface area contributed by atoms with E-state index in [1.165, 1.54) is 13.2 Å². The fraction of sp³-hybridized carbons (Fsp3) is 0.0667. The summed E-state index contributed by atoms with van der Waals surface area (Å²) in [5.41, 5.74) is 0.845. The van der Waals surface area contributed by atoms with Crippen molar-refractivity contribution >= 4 is 12.3 Å². The highest BCUT2D eigenvalue weighted by molar-refractivity contribution is 5.91. The average molecular weight is 256 g/mol. The number of benzene rings is 2. The number of ether oxygens (including phenoxy) is 2. The Hall–Kier alpha value is -2.62. The molecule has 2 aromatic rings. The summed E-state index contributed by atoms with van der Waals surface area (Å²) >= 11 is 0. The second-order valence-corrected chi connectivity index (χ2v) is 3.78. The van der Waals surface area contributed by atoms with Gasteiger partial charge in [0.2, 0.25) is 0 Å². The molecule has 0 N–H and O–H groups in total. The molecule has 0 amide bonds. The van der Waals surface area contributed by atoms with Gasteiger partial charge in [0.05, 0.1) is 12.7 Å². The smallest absolute Gasteiger partial charge is 0.343 e. The van der Waals surface area contributed by atoms with Crippen LogP contribution in [0.15, 0.2) is 48.5 Å². The maximum absolute atomic E-state index is 11.9. The molecule has 2 rings (SSSR count). The summed E-state index contributed by atoms with van der Waals surface area (Å²) in [4.78, 5) is 22.6. The Morgan fingerprint density at radius 1 is 1.05 bits per heavy atom. The highest BCUT2D eigenvalue weighted by Gasteiger charge is 2.12. The van der Waals surface area contributed by atoms with Crippen LogP contribution in [0.2, 0.25) is 0 Å². The number of hydrogen-bond donors (Lipinski definition) is 0. The topological polar surface area (TPSA) is 52.6 Å². The number of carbonyl (C=O) groups is 2. The van der Waals surface area contributed by atoms with E-state index in [4.69, 9.17) is 9.47 Å². The van der Waals surface area contributed by atoms with E-state index in [9.17, 15) is 9.59 Å². The molecule has 0 fully saturated rings. The lowest BCUT2D eigenvalue weighted by Crippen LogP contribution is -2.09. The molecule has 0 unspecified atom stereocenters. The first-order valence-corrected chi connectivity index (χ1v) is 5.65. The minimum absolute atomic E-state index is 0.223. The minimum Gasteiger partial charge on any atom is -0.493 e. The van der Waals surface area contributed by atoms with Crippen LogP contribution in [0, 0.1) is 0 Å². The number of carbonyl (C=O) groups excluding carboxylic acids is 2. The van der Waals surface area contributed by atoms with Gasteiger partial charge in [0.15, 0.2) is 11.5 Å². The Morgan fingerprint density at radius 3 is 2.42 bits per heavy atom. The third-order valence-corrected chi connectivity index (χ3v) is 2.54. The van der Waals surface area contributed by atoms with Gasteiger partial charge in [-0.3, -0.25) is 4.79 Å². The molecule has 2 aromatic carbocycles. The summed E-state index contributed by atoms with van der Waals surface area (Å²) in [6.07, 6.45) is 0.680. The van der Waals surface area contributed by atoms with Crippen molar-refractivity contribution in [2.75, 3.05) is 7.11 Å². The van der Waals surface area contributed by atoms with E-state index in [-0.39, 0.29) is 5.75 Å². The molecule has 96 valence electrons. The van der Waals surface area contributed by atoms with Gasteiger partial charge in [0.25, 0.3) is 0 Å². The predicted octanol–water partition coefficient (Wildman–Crippen LogP) is 2.73. The van der Waals surface area contributed by atoms with Gasteiger partial charge in [0.1, 0.15) is 6.29 Å². The Bertz CT molecular complexity index is 590. The Balaban J connectivity index is 2.27. The molecule has 0 aromatic heterocycles. The molecule has 0 aliphatic heterocycles. The van der Waals surface area contributed by atoms with Gasteiger partial charge in [-0.1, -0.05) is 18.2 Å². The zero-order chi connectivity index (χ0) is 13.7. The molecule has 4 nitrogen and oxygen atoms in total. The first-order valence-electron chi connectivity index (χ1n) is 5.65. The second-order valence-electron chi connectivity index (χ2n) is 3.78. The maximum atomic E-state index is 11.9. The van der Waals surface area contributed by atoms with Crippen molar-refractivity contribution in [1.29, 1.82) is 0 Å². The summed E-state index contributed by atoms with van der Waals surface area (Å²) in [5, 5.41) is 0. The van der Waals surface area contributed by atoms with Crippen LogP contribution in [0.1, 0.15) is 20.7 Å². The number of methoxy groups -OCH3 is 1. The monoisotopic (exact) mass is 256 g/mol. The van der Waals surface area contributed by atoms with E-state index in [1.54, 1.807) is 36.4 Å². The van der Waals surface area contributed by atoms with Crippen LogP contribution in [0.3, 0.4) is 0 Å². The number of aldehydes is 1. The molecule has 0 saturated heterocycles. The van der Waals surface area contributed by atoms with Gasteiger partial charge in [-0.15, -0.1) is 0 Å². The highest BCUT2D eigenvalue weighted by atomic mass is 16.6. The van der Waals surface area contributed by atoms with Gasteiger partial charge in [0, 0.05) is 5.56 Å². The van der Waals surface area contributed by atoms with Crippen LogP contribution in [-0.4, -0.2) is 19.4 Å². The maximum Gasteiger partial charge on any atom is 0.343 e. The van der Waals surface area contributed by atoms with Crippen LogP contribution in [0.5, 0.6) is 11.5 Å². The van der Waals surface area contributed by atoms with Crippen LogP contribution < -0.4 is 9.47 Å². The van der Waals surface area contributed by atoms with E-state index < -0.39 is 5.97 Å². The standard InChI is InChI=1S/C15H12O4/c1-18-13-8-7-11(10-16)9-14(13)19-15(17)12-5-3-2-4-6-12/h2-10H,1H3. The number of hydrogen-bond acceptors (Lipinski definition) is 4. The number of esters is 1. The molecule has 4 heteroatoms. The van der Waals surface area contributed by atoms with Crippen molar-refractivity contribution < 1.29 is 19.1 Å². The quantitative estimate of drug-likeness (QED) is 0.479. The lowest BCUT2D eigenvalue weighted by molar-refractivity contribution is 0.0729. The van der Waals surface area contributed by atoms with E-state index in [2.05, 4.69) is 0 Å². The Kier molecular flexibility index (Phi) is 3.93. The van der Waals surface area contributed by atoms with E-state index >= 15 is 0 Å². The normalized spacial score (nSPS) is 9.74. The molecule has 0 atom stereocenters. The molecule has 0 spiro atoms. The van der Waals surface area contributed by atoms with Crippen LogP contribution in [0.4, 0.5) is 0 Å². The zero-order valence-electron chi connectivity index (χ0n) is 10.3. The third kappa shape index (κ3) is 2.98. The van der Waals surface area contributed by atoms with Crippen LogP contribution in [-0.2, 0) is 0 Å². The van der Waals surface area contributed by atoms with Crippen LogP contribution in [0.25, 0.3) is 0 Å². The van der Waals surface area contributed by atoms with E-state index in [1.807, 2.05) is 6.07 Å². The van der Waals surface area contributed by atoms with Gasteiger partial charge in [-0.05, 0) is 30.3 Å². The molecule has 0 heterocycles. The molecule has 0 aliphatic carbocycles. The van der Waals surface area contributed by atoms with Crippen LogP contribution >= 0.6 is 0 Å². The predicted molar refractivity (Wildman–Crippen MR) is 69.8 cm³/mol. The summed E-state index contributed by atoms with van der Waals surface area (Å²) in [6.45, 7) is 0. The zero-order valence-corrected chi connectivity index (χ0v) is 10.3. The van der Waals surface area contributed by atoms with E-state index in [0.29, 0.717) is 23.2 Å². The summed E-state index contributed by atoms with van der Waals surface area (Å²) in [6, 6.07) is 13.2. The molecule has 0 radical (unpaired) electrons. The van der Waals surface area contributed by atoms with Gasteiger partial charge < -0.3 is 9.47 Å². The Morgan fingerprint density at radius 2 is 1.79 bits per heavy atom. The van der Waals surface area contributed by atoms with Crippen molar-refractivity contribution in [3.05, 3.63) is 59.7 Å². The molecule has 0 aliphatic rings. The molecular formula is C15H12O4. The summed E-state index contributed by atoms with van der Waals surface area (Å²) in [7, 11) is 1.47. The van der Waals surface area contributed by atoms with E-state index in [0.717, 1.165) is 0 Å². The highest BCUT2D eigenvalue weighted by Crippen LogP contribution is 2.28. The SMILES string of the molecule is COc1ccc(C=O)cc1OC(=O)c1ccccc1. The fourth-order valence-corrected chi connectivity index (χ4v) is 1.58. The first-order chi connectivity index (χ1) is 9.24. The number of rotatable bonds is 4. The van der Waals surface area contributed by atoms with Crippen molar-refractivity contribution in [2.45, 2.75) is 0 Å². The van der Waals surface area contributed by atoms with Crippen molar-refractivity contribution in [1.82, 2.24) is 0 Å². The van der Waals surface area contributed by atoms with Gasteiger partial charge in [-0.25, -0.2) is 4.79 Å². The largest absolute Gasteiger partial charge is 0.493 e. The minimum atomic E-state index is -0.498. The third-order valence-electron chi connectivity index (χ3n) is 2.54. The van der Waals surface area contributed by atoms with Crippen molar-refractivity contribution in [3.63, 3.8) is 0 Å². The summed E-state index contributed by atoms with van der Waals surface area (Å²) < 4.78 is 10.3. The molecular weight excluding hydrogens is 244 g/mol. The van der Waals surface area contributed by atoms with Crippen molar-refractivity contribution in [3.8, 4) is 11.5 Å². The lowest BCUT2D eigenvalue weighted by Gasteiger charge is -2.09. The van der Waals surface area contributed by atoms with Crippen molar-refractivity contribution in [2.24, 2.45) is 0 Å². The lowest BCUT2D eigenvalue weighted by atomic mass is 10.2. The first kappa shape index (κ1) is 12.8. The molecule has 0 bridgehead atoms. The van der Waals surface area contributed by atoms with Gasteiger partial charge in [-0.2, -0.15) is 0 Å². The molecule has 0 saturated carbocycles. The van der Waals surface area contributed by atoms with Gasteiger partial charge >= 0.3 is 5.97 Å². The Labute approximate surface area is 110 Å². The second kappa shape index (κ2) is 5.82. The summed E-state index contributed by atoms with van der Waals surface area (Å²) in [5.74, 6) is 0.123. The average Bonchev–Trinajstić information content (AvgIpc) is 2.48. The fourth-order valence-electron chi connectivity index (χ4n) is 1.58.